The van der Waals surface area contributed by atoms with Crippen LogP contribution in [0, 0.1) is 0 Å². The van der Waals surface area contributed by atoms with Crippen molar-refractivity contribution in [2.75, 3.05) is 13.2 Å². The first kappa shape index (κ1) is 24.6. The molecule has 0 bridgehead atoms. The molecular formula is C28H28N4O5. The van der Waals surface area contributed by atoms with Gasteiger partial charge in [0.05, 0.1) is 24.6 Å². The number of fused-ring (bicyclic) bond motifs is 2. The van der Waals surface area contributed by atoms with Gasteiger partial charge in [-0.3, -0.25) is 14.0 Å². The summed E-state index contributed by atoms with van der Waals surface area (Å²) >= 11 is 0. The lowest BCUT2D eigenvalue weighted by Crippen LogP contribution is -2.35. The molecule has 1 amide bonds. The predicted molar refractivity (Wildman–Crippen MR) is 137 cm³/mol. The van der Waals surface area contributed by atoms with Crippen molar-refractivity contribution >= 4 is 28.6 Å². The molecule has 1 atom stereocenters. The number of hydrogen-bond donors (Lipinski definition) is 0. The highest BCUT2D eigenvalue weighted by Crippen LogP contribution is 2.17. The fourth-order valence-corrected chi connectivity index (χ4v) is 4.59. The number of ether oxygens (including phenoxy) is 2. The van der Waals surface area contributed by atoms with Gasteiger partial charge in [0.25, 0.3) is 5.56 Å². The molecule has 1 saturated heterocycles. The number of benzene rings is 1. The molecule has 1 aliphatic rings. The Morgan fingerprint density at radius 2 is 1.97 bits per heavy atom. The van der Waals surface area contributed by atoms with E-state index in [1.165, 1.54) is 10.5 Å². The molecule has 37 heavy (non-hydrogen) atoms. The molecule has 0 aliphatic carbocycles. The molecule has 9 nitrogen and oxygen atoms in total. The molecule has 0 spiro atoms. The highest BCUT2D eigenvalue weighted by atomic mass is 16.5. The number of nitrogens with zero attached hydrogens (tertiary/aromatic N) is 4. The lowest BCUT2D eigenvalue weighted by atomic mass is 10.1. The van der Waals surface area contributed by atoms with Crippen molar-refractivity contribution in [3.63, 3.8) is 0 Å². The van der Waals surface area contributed by atoms with E-state index in [9.17, 15) is 14.4 Å². The molecule has 1 fully saturated rings. The number of esters is 1. The summed E-state index contributed by atoms with van der Waals surface area (Å²) in [7, 11) is 0. The molecule has 1 aromatic carbocycles. The molecule has 5 rings (SSSR count). The average molecular weight is 501 g/mol. The van der Waals surface area contributed by atoms with Crippen LogP contribution in [0.1, 0.15) is 42.1 Å². The lowest BCUT2D eigenvalue weighted by Gasteiger charge is -2.18. The fraction of sp³-hybridized carbons (Fsp3) is 0.321. The van der Waals surface area contributed by atoms with Crippen LogP contribution < -0.4 is 11.0 Å². The van der Waals surface area contributed by atoms with Crippen LogP contribution in [0.25, 0.3) is 16.7 Å². The van der Waals surface area contributed by atoms with Gasteiger partial charge in [-0.2, -0.15) is 4.99 Å². The monoisotopic (exact) mass is 500 g/mol. The highest BCUT2D eigenvalue weighted by molar-refractivity contribution is 5.93. The van der Waals surface area contributed by atoms with E-state index in [0.29, 0.717) is 30.9 Å². The Morgan fingerprint density at radius 1 is 1.16 bits per heavy atom. The number of pyridine rings is 2. The van der Waals surface area contributed by atoms with Crippen LogP contribution in [0.5, 0.6) is 0 Å². The van der Waals surface area contributed by atoms with E-state index in [-0.39, 0.29) is 47.0 Å². The van der Waals surface area contributed by atoms with E-state index >= 15 is 0 Å². The molecule has 190 valence electrons. The molecule has 4 aromatic rings. The van der Waals surface area contributed by atoms with Gasteiger partial charge in [-0.05, 0) is 49.9 Å². The summed E-state index contributed by atoms with van der Waals surface area (Å²) in [5.41, 5.74) is 1.67. The summed E-state index contributed by atoms with van der Waals surface area (Å²) < 4.78 is 14.3. The Hall–Kier alpha value is -4.11. The van der Waals surface area contributed by atoms with Crippen LogP contribution in [-0.4, -0.2) is 45.1 Å². The Bertz CT molecular complexity index is 1580. The Balaban J connectivity index is 1.72. The molecule has 1 unspecified atom stereocenters. The zero-order valence-electron chi connectivity index (χ0n) is 20.6. The van der Waals surface area contributed by atoms with Gasteiger partial charge in [-0.15, -0.1) is 0 Å². The number of rotatable bonds is 7. The third-order valence-electron chi connectivity index (χ3n) is 6.40. The summed E-state index contributed by atoms with van der Waals surface area (Å²) in [6.07, 6.45) is 3.87. The van der Waals surface area contributed by atoms with Crippen molar-refractivity contribution in [3.05, 3.63) is 87.8 Å². The molecule has 0 saturated carbocycles. The Kier molecular flexibility index (Phi) is 7.23. The summed E-state index contributed by atoms with van der Waals surface area (Å²) in [6, 6.07) is 16.4. The van der Waals surface area contributed by atoms with Gasteiger partial charge in [0.2, 0.25) is 5.91 Å². The second-order valence-corrected chi connectivity index (χ2v) is 8.92. The minimum Gasteiger partial charge on any atom is -0.462 e. The van der Waals surface area contributed by atoms with Gasteiger partial charge in [0, 0.05) is 19.2 Å². The number of aryl methyl sites for hydroxylation is 1. The number of aromatic nitrogens is 3. The number of hydrogen-bond acceptors (Lipinski definition) is 6. The SMILES string of the molecule is CCOC(=O)c1cc2c(=O)n3ccccc3nc2n(CC2CCCO2)c1=NC(=O)CCc1ccccc1. The Morgan fingerprint density at radius 3 is 2.73 bits per heavy atom. The van der Waals surface area contributed by atoms with Crippen molar-refractivity contribution in [1.29, 1.82) is 0 Å². The maximum absolute atomic E-state index is 13.4. The van der Waals surface area contributed by atoms with Gasteiger partial charge >= 0.3 is 5.97 Å². The lowest BCUT2D eigenvalue weighted by molar-refractivity contribution is -0.118. The van der Waals surface area contributed by atoms with Crippen LogP contribution >= 0.6 is 0 Å². The summed E-state index contributed by atoms with van der Waals surface area (Å²) in [5, 5.41) is 0.237. The van der Waals surface area contributed by atoms with Gasteiger partial charge in [-0.1, -0.05) is 36.4 Å². The van der Waals surface area contributed by atoms with E-state index in [2.05, 4.69) is 4.99 Å². The van der Waals surface area contributed by atoms with Crippen molar-refractivity contribution < 1.29 is 19.1 Å². The smallest absolute Gasteiger partial charge is 0.341 e. The quantitative estimate of drug-likeness (QED) is 0.285. The summed E-state index contributed by atoms with van der Waals surface area (Å²) in [6.45, 7) is 2.76. The number of carbonyl (C=O) groups is 2. The van der Waals surface area contributed by atoms with E-state index in [1.54, 1.807) is 35.9 Å². The minimum atomic E-state index is -0.655. The third kappa shape index (κ3) is 5.22. The van der Waals surface area contributed by atoms with Crippen molar-refractivity contribution in [2.24, 2.45) is 4.99 Å². The number of carbonyl (C=O) groups excluding carboxylic acids is 2. The van der Waals surface area contributed by atoms with Crippen molar-refractivity contribution in [1.82, 2.24) is 14.0 Å². The second kappa shape index (κ2) is 10.9. The maximum atomic E-state index is 13.4. The van der Waals surface area contributed by atoms with Crippen LogP contribution in [0.2, 0.25) is 0 Å². The minimum absolute atomic E-state index is 0.0511. The molecule has 0 N–H and O–H groups in total. The normalized spacial score (nSPS) is 15.9. The summed E-state index contributed by atoms with van der Waals surface area (Å²) in [4.78, 5) is 48.7. The molecule has 0 radical (unpaired) electrons. The first-order chi connectivity index (χ1) is 18.0. The molecule has 1 aliphatic heterocycles. The largest absolute Gasteiger partial charge is 0.462 e. The Labute approximate surface area is 213 Å². The van der Waals surface area contributed by atoms with E-state index in [1.807, 2.05) is 30.3 Å². The zero-order valence-corrected chi connectivity index (χ0v) is 20.6. The second-order valence-electron chi connectivity index (χ2n) is 8.92. The fourth-order valence-electron chi connectivity index (χ4n) is 4.59. The van der Waals surface area contributed by atoms with Gasteiger partial charge in [0.15, 0.2) is 5.49 Å². The standard InChI is InChI=1S/C28H28N4O5/c1-2-36-28(35)22-17-21-25(29-23-12-6-7-15-31(23)27(21)34)32(18-20-11-8-16-37-20)26(22)30-24(33)14-13-19-9-4-3-5-10-19/h3-7,9-10,12,15,17,20H,2,8,11,13-14,16,18H2,1H3. The highest BCUT2D eigenvalue weighted by Gasteiger charge is 2.23. The maximum Gasteiger partial charge on any atom is 0.341 e. The van der Waals surface area contributed by atoms with Gasteiger partial charge in [-0.25, -0.2) is 9.78 Å². The molecular weight excluding hydrogens is 472 g/mol. The molecule has 3 aromatic heterocycles. The van der Waals surface area contributed by atoms with Crippen molar-refractivity contribution in [2.45, 2.75) is 45.3 Å². The van der Waals surface area contributed by atoms with E-state index < -0.39 is 5.97 Å². The molecule has 9 heteroatoms. The van der Waals surface area contributed by atoms with Crippen LogP contribution in [0.3, 0.4) is 0 Å². The van der Waals surface area contributed by atoms with Crippen LogP contribution in [0.15, 0.2) is 70.6 Å². The molecule has 4 heterocycles. The van der Waals surface area contributed by atoms with Crippen LogP contribution in [0.4, 0.5) is 0 Å². The van der Waals surface area contributed by atoms with Gasteiger partial charge in [0.1, 0.15) is 16.9 Å². The summed E-state index contributed by atoms with van der Waals surface area (Å²) in [5.74, 6) is -1.04. The first-order valence-electron chi connectivity index (χ1n) is 12.5. The van der Waals surface area contributed by atoms with E-state index in [0.717, 1.165) is 18.4 Å². The van der Waals surface area contributed by atoms with Crippen molar-refractivity contribution in [3.8, 4) is 0 Å². The zero-order chi connectivity index (χ0) is 25.8. The third-order valence-corrected chi connectivity index (χ3v) is 6.40. The predicted octanol–water partition coefficient (Wildman–Crippen LogP) is 3.07. The first-order valence-corrected chi connectivity index (χ1v) is 12.5. The number of amides is 1. The van der Waals surface area contributed by atoms with Crippen LogP contribution in [-0.2, 0) is 27.2 Å². The topological polar surface area (TPSA) is 104 Å². The van der Waals surface area contributed by atoms with Gasteiger partial charge < -0.3 is 14.0 Å². The van der Waals surface area contributed by atoms with E-state index in [4.69, 9.17) is 14.5 Å². The average Bonchev–Trinajstić information content (AvgIpc) is 3.43.